The van der Waals surface area contributed by atoms with Crippen molar-refractivity contribution in [3.8, 4) is 17.1 Å². The average molecular weight is 426 g/mol. The Balaban J connectivity index is 1.54. The maximum Gasteiger partial charge on any atom is 0.316 e. The van der Waals surface area contributed by atoms with E-state index < -0.39 is 0 Å². The molecule has 0 aliphatic heterocycles. The lowest BCUT2D eigenvalue weighted by Crippen LogP contribution is -2.44. The zero-order valence-electron chi connectivity index (χ0n) is 18.6. The molecular formula is C27H27N3O2. The predicted molar refractivity (Wildman–Crippen MR) is 128 cm³/mol. The predicted octanol–water partition coefficient (Wildman–Crippen LogP) is 5.47. The summed E-state index contributed by atoms with van der Waals surface area (Å²) in [5.74, 6) is 0.152. The summed E-state index contributed by atoms with van der Waals surface area (Å²) in [4.78, 5) is 24.1. The second-order valence-corrected chi connectivity index (χ2v) is 8.16. The summed E-state index contributed by atoms with van der Waals surface area (Å²) < 4.78 is 5.94. The third kappa shape index (κ3) is 4.62. The van der Waals surface area contributed by atoms with Crippen LogP contribution < -0.4 is 4.74 Å². The number of amides is 1. The minimum absolute atomic E-state index is 0.0359. The molecule has 0 radical (unpaired) electrons. The number of benzene rings is 3. The van der Waals surface area contributed by atoms with E-state index in [2.05, 4.69) is 23.8 Å². The molecule has 1 unspecified atom stereocenters. The molecule has 1 atom stereocenters. The molecule has 0 saturated heterocycles. The molecule has 4 rings (SSSR count). The van der Waals surface area contributed by atoms with E-state index in [1.165, 1.54) is 0 Å². The number of carbonyl (C=O) groups is 1. The number of hydrogen-bond acceptors (Lipinski definition) is 4. The molecule has 0 aliphatic rings. The first-order chi connectivity index (χ1) is 15.5. The van der Waals surface area contributed by atoms with Crippen molar-refractivity contribution in [3.63, 3.8) is 0 Å². The van der Waals surface area contributed by atoms with Gasteiger partial charge in [-0.1, -0.05) is 80.6 Å². The number of aromatic nitrogens is 2. The molecule has 5 heteroatoms. The van der Waals surface area contributed by atoms with Gasteiger partial charge in [0.1, 0.15) is 6.61 Å². The molecule has 32 heavy (non-hydrogen) atoms. The molecule has 162 valence electrons. The highest BCUT2D eigenvalue weighted by atomic mass is 16.5. The van der Waals surface area contributed by atoms with Crippen molar-refractivity contribution in [1.29, 1.82) is 0 Å². The van der Waals surface area contributed by atoms with Gasteiger partial charge in [0.15, 0.2) is 0 Å². The van der Waals surface area contributed by atoms with Crippen LogP contribution in [0.1, 0.15) is 24.2 Å². The van der Waals surface area contributed by atoms with Crippen LogP contribution in [0.15, 0.2) is 85.1 Å². The van der Waals surface area contributed by atoms with Crippen molar-refractivity contribution < 1.29 is 9.53 Å². The summed E-state index contributed by atoms with van der Waals surface area (Å²) in [6, 6.07) is 25.7. The van der Waals surface area contributed by atoms with Crippen LogP contribution in [0.2, 0.25) is 0 Å². The van der Waals surface area contributed by atoms with Gasteiger partial charge in [0.2, 0.25) is 0 Å². The number of carbonyl (C=O) groups excluding carboxylic acids is 1. The number of rotatable bonds is 7. The second kappa shape index (κ2) is 9.60. The van der Waals surface area contributed by atoms with Gasteiger partial charge in [-0.25, -0.2) is 4.98 Å². The lowest BCUT2D eigenvalue weighted by atomic mass is 9.97. The van der Waals surface area contributed by atoms with Gasteiger partial charge >= 0.3 is 6.01 Å². The SMILES string of the molecule is CC(C)C(COc1ncc2ccccc2n1)N(C)C(=O)c1ccccc1-c1ccccc1. The summed E-state index contributed by atoms with van der Waals surface area (Å²) in [6.45, 7) is 4.48. The van der Waals surface area contributed by atoms with Crippen molar-refractivity contribution in [3.05, 3.63) is 90.6 Å². The largest absolute Gasteiger partial charge is 0.461 e. The molecule has 3 aromatic carbocycles. The minimum Gasteiger partial charge on any atom is -0.461 e. The van der Waals surface area contributed by atoms with E-state index in [4.69, 9.17) is 4.74 Å². The van der Waals surface area contributed by atoms with Crippen LogP contribution in [0.25, 0.3) is 22.0 Å². The van der Waals surface area contributed by atoms with Crippen LogP contribution in [0, 0.1) is 5.92 Å². The lowest BCUT2D eigenvalue weighted by Gasteiger charge is -2.31. The van der Waals surface area contributed by atoms with Crippen LogP contribution in [0.4, 0.5) is 0 Å². The highest BCUT2D eigenvalue weighted by Crippen LogP contribution is 2.26. The Morgan fingerprint density at radius 2 is 1.62 bits per heavy atom. The van der Waals surface area contributed by atoms with E-state index in [0.29, 0.717) is 18.2 Å². The number of fused-ring (bicyclic) bond motifs is 1. The molecule has 1 aromatic heterocycles. The van der Waals surface area contributed by atoms with Crippen molar-refractivity contribution in [1.82, 2.24) is 14.9 Å². The minimum atomic E-state index is -0.138. The average Bonchev–Trinajstić information content (AvgIpc) is 2.84. The number of likely N-dealkylation sites (N-methyl/N-ethyl adjacent to an activating group) is 1. The normalized spacial score (nSPS) is 12.0. The van der Waals surface area contributed by atoms with Crippen LogP contribution >= 0.6 is 0 Å². The third-order valence-electron chi connectivity index (χ3n) is 5.68. The Labute approximate surface area is 188 Å². The number of hydrogen-bond donors (Lipinski definition) is 0. The molecule has 5 nitrogen and oxygen atoms in total. The van der Waals surface area contributed by atoms with Crippen LogP contribution in [-0.2, 0) is 0 Å². The van der Waals surface area contributed by atoms with Gasteiger partial charge in [-0.05, 0) is 29.2 Å². The Morgan fingerprint density at radius 1 is 0.938 bits per heavy atom. The summed E-state index contributed by atoms with van der Waals surface area (Å²) >= 11 is 0. The standard InChI is InChI=1S/C27H27N3O2/c1-19(2)25(18-32-27-28-17-21-13-7-10-16-24(21)29-27)30(3)26(31)23-15-9-8-14-22(23)20-11-5-4-6-12-20/h4-17,19,25H,18H2,1-3H3. The van der Waals surface area contributed by atoms with Gasteiger partial charge in [-0.3, -0.25) is 4.79 Å². The number of para-hydroxylation sites is 1. The topological polar surface area (TPSA) is 55.3 Å². The van der Waals surface area contributed by atoms with Crippen LogP contribution in [0.5, 0.6) is 6.01 Å². The number of nitrogens with zero attached hydrogens (tertiary/aromatic N) is 3. The van der Waals surface area contributed by atoms with Crippen molar-refractivity contribution >= 4 is 16.8 Å². The van der Waals surface area contributed by atoms with Crippen molar-refractivity contribution in [2.75, 3.05) is 13.7 Å². The molecular weight excluding hydrogens is 398 g/mol. The van der Waals surface area contributed by atoms with Gasteiger partial charge in [0, 0.05) is 24.2 Å². The van der Waals surface area contributed by atoms with Gasteiger partial charge in [0.05, 0.1) is 11.6 Å². The molecule has 0 bridgehead atoms. The van der Waals surface area contributed by atoms with Gasteiger partial charge < -0.3 is 9.64 Å². The fraction of sp³-hybridized carbons (Fsp3) is 0.222. The van der Waals surface area contributed by atoms with Gasteiger partial charge in [-0.15, -0.1) is 0 Å². The summed E-state index contributed by atoms with van der Waals surface area (Å²) in [7, 11) is 1.83. The monoisotopic (exact) mass is 425 g/mol. The van der Waals surface area contributed by atoms with E-state index in [1.807, 2.05) is 85.9 Å². The van der Waals surface area contributed by atoms with Crippen molar-refractivity contribution in [2.24, 2.45) is 5.92 Å². The Morgan fingerprint density at radius 3 is 2.41 bits per heavy atom. The summed E-state index contributed by atoms with van der Waals surface area (Å²) in [6.07, 6.45) is 1.76. The van der Waals surface area contributed by atoms with Gasteiger partial charge in [-0.2, -0.15) is 4.98 Å². The molecule has 0 aliphatic carbocycles. The highest BCUT2D eigenvalue weighted by Gasteiger charge is 2.26. The van der Waals surface area contributed by atoms with E-state index >= 15 is 0 Å². The quantitative estimate of drug-likeness (QED) is 0.394. The highest BCUT2D eigenvalue weighted by molar-refractivity contribution is 6.01. The molecule has 0 N–H and O–H groups in total. The van der Waals surface area contributed by atoms with Gasteiger partial charge in [0.25, 0.3) is 5.91 Å². The molecule has 4 aromatic rings. The molecule has 1 heterocycles. The first kappa shape index (κ1) is 21.5. The summed E-state index contributed by atoms with van der Waals surface area (Å²) in [5.41, 5.74) is 3.45. The van der Waals surface area contributed by atoms with Crippen molar-refractivity contribution in [2.45, 2.75) is 19.9 Å². The first-order valence-corrected chi connectivity index (χ1v) is 10.8. The molecule has 0 fully saturated rings. The van der Waals surface area contributed by atoms with E-state index in [0.717, 1.165) is 22.0 Å². The maximum atomic E-state index is 13.5. The first-order valence-electron chi connectivity index (χ1n) is 10.8. The van der Waals surface area contributed by atoms with Crippen LogP contribution in [0.3, 0.4) is 0 Å². The molecule has 0 saturated carbocycles. The smallest absolute Gasteiger partial charge is 0.316 e. The Kier molecular flexibility index (Phi) is 6.45. The second-order valence-electron chi connectivity index (χ2n) is 8.16. The van der Waals surface area contributed by atoms with E-state index in [9.17, 15) is 4.79 Å². The van der Waals surface area contributed by atoms with E-state index in [-0.39, 0.29) is 17.9 Å². The maximum absolute atomic E-state index is 13.5. The zero-order chi connectivity index (χ0) is 22.5. The Bertz CT molecular complexity index is 1210. The fourth-order valence-corrected chi connectivity index (χ4v) is 3.82. The van der Waals surface area contributed by atoms with Crippen LogP contribution in [-0.4, -0.2) is 40.5 Å². The zero-order valence-corrected chi connectivity index (χ0v) is 18.6. The number of ether oxygens (including phenoxy) is 1. The summed E-state index contributed by atoms with van der Waals surface area (Å²) in [5, 5.41) is 0.963. The van der Waals surface area contributed by atoms with E-state index in [1.54, 1.807) is 11.1 Å². The Hall–Kier alpha value is -3.73. The lowest BCUT2D eigenvalue weighted by molar-refractivity contribution is 0.0604. The fourth-order valence-electron chi connectivity index (χ4n) is 3.82. The molecule has 0 spiro atoms. The third-order valence-corrected chi connectivity index (χ3v) is 5.68. The molecule has 1 amide bonds.